The van der Waals surface area contributed by atoms with Crippen LogP contribution in [0.15, 0.2) is 23.1 Å². The molecule has 7 heteroatoms. The van der Waals surface area contributed by atoms with Crippen LogP contribution in [0.1, 0.15) is 6.92 Å². The number of primary sulfonamides is 1. The molecule has 0 aliphatic rings. The van der Waals surface area contributed by atoms with Crippen LogP contribution in [0.4, 0.5) is 11.4 Å². The molecular weight excluding hydrogens is 252 g/mol. The molecule has 1 unspecified atom stereocenters. The van der Waals surface area contributed by atoms with Crippen molar-refractivity contribution in [3.05, 3.63) is 18.2 Å². The van der Waals surface area contributed by atoms with Gasteiger partial charge in [0, 0.05) is 18.3 Å². The molecule has 0 saturated carbocycles. The van der Waals surface area contributed by atoms with Gasteiger partial charge in [0.25, 0.3) is 0 Å². The molecule has 0 aromatic heterocycles. The van der Waals surface area contributed by atoms with E-state index < -0.39 is 10.0 Å². The van der Waals surface area contributed by atoms with Crippen LogP contribution in [0.5, 0.6) is 0 Å². The molecule has 0 bridgehead atoms. The summed E-state index contributed by atoms with van der Waals surface area (Å²) in [6, 6.07) is 4.98. The van der Waals surface area contributed by atoms with Gasteiger partial charge in [-0.3, -0.25) is 0 Å². The molecule has 5 N–H and O–H groups in total. The maximum absolute atomic E-state index is 11.2. The van der Waals surface area contributed by atoms with Crippen molar-refractivity contribution in [2.75, 3.05) is 31.7 Å². The standard InChI is InChI=1S/C11H20N4O2S/c1-8(15(2)3)7-14-9-4-5-11(10(12)6-9)18(13,16)17/h4-6,8,14H,7,12H2,1-3H3,(H2,13,16,17). The molecule has 1 aromatic rings. The first-order valence-electron chi connectivity index (χ1n) is 5.54. The number of hydrogen-bond donors (Lipinski definition) is 3. The third-order valence-electron chi connectivity index (χ3n) is 2.80. The Hall–Kier alpha value is -1.31. The number of benzene rings is 1. The average molecular weight is 272 g/mol. The van der Waals surface area contributed by atoms with Crippen molar-refractivity contribution < 1.29 is 8.42 Å². The van der Waals surface area contributed by atoms with Gasteiger partial charge in [0.05, 0.1) is 5.69 Å². The van der Waals surface area contributed by atoms with E-state index in [-0.39, 0.29) is 10.6 Å². The van der Waals surface area contributed by atoms with E-state index in [9.17, 15) is 8.42 Å². The van der Waals surface area contributed by atoms with Gasteiger partial charge >= 0.3 is 0 Å². The molecule has 6 nitrogen and oxygen atoms in total. The first-order valence-corrected chi connectivity index (χ1v) is 7.09. The van der Waals surface area contributed by atoms with Crippen molar-refractivity contribution in [2.45, 2.75) is 17.9 Å². The minimum absolute atomic E-state index is 0.0475. The van der Waals surface area contributed by atoms with Gasteiger partial charge in [-0.1, -0.05) is 0 Å². The zero-order valence-corrected chi connectivity index (χ0v) is 11.7. The molecule has 0 saturated heterocycles. The fraction of sp³-hybridized carbons (Fsp3) is 0.455. The minimum atomic E-state index is -3.76. The maximum atomic E-state index is 11.2. The van der Waals surface area contributed by atoms with Gasteiger partial charge in [0.1, 0.15) is 4.90 Å². The second-order valence-electron chi connectivity index (χ2n) is 4.49. The van der Waals surface area contributed by atoms with Gasteiger partial charge in [-0.2, -0.15) is 0 Å². The van der Waals surface area contributed by atoms with E-state index in [2.05, 4.69) is 17.1 Å². The first-order chi connectivity index (χ1) is 8.21. The summed E-state index contributed by atoms with van der Waals surface area (Å²) in [5, 5.41) is 8.22. The Balaban J connectivity index is 2.80. The Morgan fingerprint density at radius 3 is 2.44 bits per heavy atom. The number of nitrogens with one attached hydrogen (secondary N) is 1. The normalized spacial score (nSPS) is 13.6. The molecule has 1 rings (SSSR count). The van der Waals surface area contributed by atoms with Crippen LogP contribution >= 0.6 is 0 Å². The van der Waals surface area contributed by atoms with E-state index in [1.165, 1.54) is 6.07 Å². The fourth-order valence-corrected chi connectivity index (χ4v) is 2.01. The number of nitrogens with zero attached hydrogens (tertiary/aromatic N) is 1. The third kappa shape index (κ3) is 3.86. The van der Waals surface area contributed by atoms with Gasteiger partial charge in [-0.25, -0.2) is 13.6 Å². The Kier molecular flexibility index (Phi) is 4.55. The maximum Gasteiger partial charge on any atom is 0.240 e. The third-order valence-corrected chi connectivity index (χ3v) is 3.78. The Labute approximate surface area is 108 Å². The van der Waals surface area contributed by atoms with Crippen LogP contribution in [-0.2, 0) is 10.0 Å². The van der Waals surface area contributed by atoms with Crippen molar-refractivity contribution in [3.8, 4) is 0 Å². The molecule has 18 heavy (non-hydrogen) atoms. The lowest BCUT2D eigenvalue weighted by Gasteiger charge is -2.20. The Morgan fingerprint density at radius 2 is 2.00 bits per heavy atom. The smallest absolute Gasteiger partial charge is 0.240 e. The molecule has 0 amide bonds. The summed E-state index contributed by atoms with van der Waals surface area (Å²) in [6.45, 7) is 2.82. The zero-order chi connectivity index (χ0) is 13.9. The van der Waals surface area contributed by atoms with E-state index in [0.717, 1.165) is 12.2 Å². The van der Waals surface area contributed by atoms with Gasteiger partial charge in [0.15, 0.2) is 0 Å². The minimum Gasteiger partial charge on any atom is -0.398 e. The molecule has 1 atom stereocenters. The second kappa shape index (κ2) is 5.55. The summed E-state index contributed by atoms with van der Waals surface area (Å²) >= 11 is 0. The Morgan fingerprint density at radius 1 is 1.39 bits per heavy atom. The highest BCUT2D eigenvalue weighted by Crippen LogP contribution is 2.21. The number of rotatable bonds is 5. The monoisotopic (exact) mass is 272 g/mol. The van der Waals surface area contributed by atoms with Crippen molar-refractivity contribution in [3.63, 3.8) is 0 Å². The lowest BCUT2D eigenvalue weighted by Crippen LogP contribution is -2.31. The average Bonchev–Trinajstić information content (AvgIpc) is 2.23. The molecule has 1 aromatic carbocycles. The van der Waals surface area contributed by atoms with Gasteiger partial charge < -0.3 is 16.0 Å². The van der Waals surface area contributed by atoms with E-state index in [1.807, 2.05) is 14.1 Å². The lowest BCUT2D eigenvalue weighted by atomic mass is 10.2. The predicted octanol–water partition coefficient (Wildman–Crippen LogP) is 0.278. The van der Waals surface area contributed by atoms with E-state index in [1.54, 1.807) is 12.1 Å². The SMILES string of the molecule is CC(CNc1ccc(S(N)(=O)=O)c(N)c1)N(C)C. The van der Waals surface area contributed by atoms with Crippen LogP contribution in [0.2, 0.25) is 0 Å². The van der Waals surface area contributed by atoms with Crippen LogP contribution in [0.25, 0.3) is 0 Å². The van der Waals surface area contributed by atoms with Crippen LogP contribution < -0.4 is 16.2 Å². The number of nitrogens with two attached hydrogens (primary N) is 2. The number of sulfonamides is 1. The quantitative estimate of drug-likeness (QED) is 0.668. The summed E-state index contributed by atoms with van der Waals surface area (Å²) in [7, 11) is 0.226. The van der Waals surface area contributed by atoms with E-state index in [4.69, 9.17) is 10.9 Å². The fourth-order valence-electron chi connectivity index (χ4n) is 1.37. The van der Waals surface area contributed by atoms with Gasteiger partial charge in [-0.15, -0.1) is 0 Å². The number of anilines is 2. The van der Waals surface area contributed by atoms with Crippen LogP contribution in [0.3, 0.4) is 0 Å². The van der Waals surface area contributed by atoms with Gasteiger partial charge in [0.2, 0.25) is 10.0 Å². The molecule has 0 aliphatic carbocycles. The van der Waals surface area contributed by atoms with E-state index >= 15 is 0 Å². The van der Waals surface area contributed by atoms with Crippen molar-refractivity contribution in [1.29, 1.82) is 0 Å². The Bertz CT molecular complexity index is 514. The summed E-state index contributed by atoms with van der Waals surface area (Å²) < 4.78 is 22.4. The van der Waals surface area contributed by atoms with Gasteiger partial charge in [-0.05, 0) is 39.2 Å². The van der Waals surface area contributed by atoms with Crippen LogP contribution in [-0.4, -0.2) is 40.0 Å². The zero-order valence-electron chi connectivity index (χ0n) is 10.8. The highest BCUT2D eigenvalue weighted by Gasteiger charge is 2.12. The summed E-state index contributed by atoms with van der Waals surface area (Å²) in [5.74, 6) is 0. The highest BCUT2D eigenvalue weighted by atomic mass is 32.2. The molecule has 0 heterocycles. The largest absolute Gasteiger partial charge is 0.398 e. The highest BCUT2D eigenvalue weighted by molar-refractivity contribution is 7.89. The van der Waals surface area contributed by atoms with E-state index in [0.29, 0.717) is 6.04 Å². The summed E-state index contributed by atoms with van der Waals surface area (Å²) in [4.78, 5) is 2.03. The number of nitrogen functional groups attached to an aromatic ring is 1. The van der Waals surface area contributed by atoms with Crippen LogP contribution in [0, 0.1) is 0 Å². The summed E-state index contributed by atoms with van der Waals surface area (Å²) in [5.41, 5.74) is 6.59. The number of likely N-dealkylation sites (N-methyl/N-ethyl adjacent to an activating group) is 1. The lowest BCUT2D eigenvalue weighted by molar-refractivity contribution is 0.326. The predicted molar refractivity (Wildman–Crippen MR) is 73.9 cm³/mol. The van der Waals surface area contributed by atoms with Crippen molar-refractivity contribution in [1.82, 2.24) is 4.90 Å². The number of hydrogen-bond acceptors (Lipinski definition) is 5. The molecule has 0 radical (unpaired) electrons. The molecule has 0 fully saturated rings. The molecule has 102 valence electrons. The summed E-state index contributed by atoms with van der Waals surface area (Å²) in [6.07, 6.45) is 0. The van der Waals surface area contributed by atoms with Crippen molar-refractivity contribution >= 4 is 21.4 Å². The first kappa shape index (κ1) is 14.7. The molecule has 0 aliphatic heterocycles. The topological polar surface area (TPSA) is 101 Å². The molecular formula is C11H20N4O2S. The second-order valence-corrected chi connectivity index (χ2v) is 6.02. The molecule has 0 spiro atoms. The van der Waals surface area contributed by atoms with Crippen molar-refractivity contribution in [2.24, 2.45) is 5.14 Å².